The standard InChI is InChI=1S/C11H16BrNO2/c1-3-4-8(2)15-11-9(7-14)5-10(12)6-13-11/h5-6,8,14H,3-4,7H2,1-2H3. The van der Waals surface area contributed by atoms with Crippen molar-refractivity contribution >= 4 is 15.9 Å². The van der Waals surface area contributed by atoms with E-state index in [0.29, 0.717) is 11.4 Å². The van der Waals surface area contributed by atoms with Gasteiger partial charge in [-0.3, -0.25) is 0 Å². The van der Waals surface area contributed by atoms with Crippen LogP contribution >= 0.6 is 15.9 Å². The monoisotopic (exact) mass is 273 g/mol. The van der Waals surface area contributed by atoms with Crippen LogP contribution in [0.2, 0.25) is 0 Å². The Morgan fingerprint density at radius 1 is 1.60 bits per heavy atom. The van der Waals surface area contributed by atoms with E-state index in [0.717, 1.165) is 17.3 Å². The van der Waals surface area contributed by atoms with E-state index in [1.54, 1.807) is 6.20 Å². The Morgan fingerprint density at radius 3 is 2.93 bits per heavy atom. The molecule has 0 fully saturated rings. The highest BCUT2D eigenvalue weighted by molar-refractivity contribution is 9.10. The van der Waals surface area contributed by atoms with Gasteiger partial charge < -0.3 is 9.84 Å². The molecule has 0 aliphatic heterocycles. The molecule has 0 saturated carbocycles. The molecule has 1 N–H and O–H groups in total. The minimum Gasteiger partial charge on any atom is -0.474 e. The van der Waals surface area contributed by atoms with Crippen molar-refractivity contribution in [2.45, 2.75) is 39.4 Å². The summed E-state index contributed by atoms with van der Waals surface area (Å²) in [7, 11) is 0. The van der Waals surface area contributed by atoms with E-state index in [-0.39, 0.29) is 12.7 Å². The number of aromatic nitrogens is 1. The lowest BCUT2D eigenvalue weighted by atomic mass is 10.2. The van der Waals surface area contributed by atoms with Crippen LogP contribution in [0.4, 0.5) is 0 Å². The van der Waals surface area contributed by atoms with Gasteiger partial charge in [-0.05, 0) is 35.3 Å². The summed E-state index contributed by atoms with van der Waals surface area (Å²) >= 11 is 3.30. The summed E-state index contributed by atoms with van der Waals surface area (Å²) in [5.41, 5.74) is 0.715. The Hall–Kier alpha value is -0.610. The molecular weight excluding hydrogens is 258 g/mol. The van der Waals surface area contributed by atoms with E-state index in [9.17, 15) is 0 Å². The van der Waals surface area contributed by atoms with Crippen LogP contribution in [0.1, 0.15) is 32.3 Å². The smallest absolute Gasteiger partial charge is 0.219 e. The number of nitrogens with zero attached hydrogens (tertiary/aromatic N) is 1. The summed E-state index contributed by atoms with van der Waals surface area (Å²) in [4.78, 5) is 4.14. The molecule has 0 radical (unpaired) electrons. The van der Waals surface area contributed by atoms with E-state index in [2.05, 4.69) is 27.8 Å². The largest absolute Gasteiger partial charge is 0.474 e. The Morgan fingerprint density at radius 2 is 2.33 bits per heavy atom. The lowest BCUT2D eigenvalue weighted by Gasteiger charge is -2.15. The van der Waals surface area contributed by atoms with Gasteiger partial charge in [-0.25, -0.2) is 4.98 Å². The molecule has 84 valence electrons. The molecule has 1 atom stereocenters. The van der Waals surface area contributed by atoms with Crippen LogP contribution in [0.15, 0.2) is 16.7 Å². The molecule has 0 bridgehead atoms. The second-order valence-electron chi connectivity index (χ2n) is 3.49. The summed E-state index contributed by atoms with van der Waals surface area (Å²) in [5, 5.41) is 9.14. The summed E-state index contributed by atoms with van der Waals surface area (Å²) in [6.07, 6.45) is 3.87. The zero-order valence-corrected chi connectivity index (χ0v) is 10.6. The van der Waals surface area contributed by atoms with Crippen LogP contribution in [0, 0.1) is 0 Å². The van der Waals surface area contributed by atoms with E-state index < -0.39 is 0 Å². The number of rotatable bonds is 5. The fraction of sp³-hybridized carbons (Fsp3) is 0.545. The first-order valence-electron chi connectivity index (χ1n) is 5.09. The number of pyridine rings is 1. The third-order valence-corrected chi connectivity index (χ3v) is 2.50. The minimum absolute atomic E-state index is 0.0549. The fourth-order valence-electron chi connectivity index (χ4n) is 1.34. The van der Waals surface area contributed by atoms with Crippen molar-refractivity contribution in [3.8, 4) is 5.88 Å². The number of halogens is 1. The highest BCUT2D eigenvalue weighted by Crippen LogP contribution is 2.21. The van der Waals surface area contributed by atoms with E-state index in [4.69, 9.17) is 9.84 Å². The highest BCUT2D eigenvalue weighted by atomic mass is 79.9. The minimum atomic E-state index is -0.0549. The maximum absolute atomic E-state index is 9.14. The van der Waals surface area contributed by atoms with Crippen molar-refractivity contribution in [1.82, 2.24) is 4.98 Å². The van der Waals surface area contributed by atoms with Gasteiger partial charge in [-0.15, -0.1) is 0 Å². The van der Waals surface area contributed by atoms with Crippen LogP contribution in [0.5, 0.6) is 5.88 Å². The molecule has 3 nitrogen and oxygen atoms in total. The van der Waals surface area contributed by atoms with Gasteiger partial charge in [0.1, 0.15) is 0 Å². The summed E-state index contributed by atoms with van der Waals surface area (Å²) in [6.45, 7) is 4.07. The predicted molar refractivity (Wildman–Crippen MR) is 62.9 cm³/mol. The SMILES string of the molecule is CCCC(C)Oc1ncc(Br)cc1CO. The van der Waals surface area contributed by atoms with Gasteiger partial charge in [0, 0.05) is 16.2 Å². The Balaban J connectivity index is 2.75. The highest BCUT2D eigenvalue weighted by Gasteiger charge is 2.09. The Kier molecular flexibility index (Phi) is 5.05. The van der Waals surface area contributed by atoms with Crippen molar-refractivity contribution < 1.29 is 9.84 Å². The van der Waals surface area contributed by atoms with Gasteiger partial charge in [0.25, 0.3) is 0 Å². The molecule has 1 unspecified atom stereocenters. The van der Waals surface area contributed by atoms with Crippen LogP contribution in [-0.4, -0.2) is 16.2 Å². The third kappa shape index (κ3) is 3.80. The molecule has 1 aromatic rings. The lowest BCUT2D eigenvalue weighted by molar-refractivity contribution is 0.191. The number of aliphatic hydroxyl groups excluding tert-OH is 1. The lowest BCUT2D eigenvalue weighted by Crippen LogP contribution is -2.13. The number of hydrogen-bond donors (Lipinski definition) is 1. The molecule has 1 aromatic heterocycles. The zero-order valence-electron chi connectivity index (χ0n) is 9.03. The van der Waals surface area contributed by atoms with E-state index >= 15 is 0 Å². The summed E-state index contributed by atoms with van der Waals surface area (Å²) < 4.78 is 6.49. The molecule has 0 amide bonds. The zero-order chi connectivity index (χ0) is 11.3. The number of aliphatic hydroxyl groups is 1. The first kappa shape index (κ1) is 12.5. The molecule has 0 saturated heterocycles. The molecule has 0 aromatic carbocycles. The average molecular weight is 274 g/mol. The summed E-state index contributed by atoms with van der Waals surface area (Å²) in [6, 6.07) is 1.82. The molecule has 0 spiro atoms. The van der Waals surface area contributed by atoms with Crippen molar-refractivity contribution in [2.75, 3.05) is 0 Å². The molecule has 0 aliphatic carbocycles. The first-order valence-corrected chi connectivity index (χ1v) is 5.88. The van der Waals surface area contributed by atoms with Crippen LogP contribution < -0.4 is 4.74 Å². The van der Waals surface area contributed by atoms with Gasteiger partial charge in [-0.1, -0.05) is 13.3 Å². The van der Waals surface area contributed by atoms with Crippen molar-refractivity contribution in [2.24, 2.45) is 0 Å². The van der Waals surface area contributed by atoms with E-state index in [1.165, 1.54) is 0 Å². The summed E-state index contributed by atoms with van der Waals surface area (Å²) in [5.74, 6) is 0.529. The average Bonchev–Trinajstić information content (AvgIpc) is 2.21. The second-order valence-corrected chi connectivity index (χ2v) is 4.41. The Bertz CT molecular complexity index is 317. The number of hydrogen-bond acceptors (Lipinski definition) is 3. The van der Waals surface area contributed by atoms with Gasteiger partial charge >= 0.3 is 0 Å². The van der Waals surface area contributed by atoms with Crippen LogP contribution in [0.3, 0.4) is 0 Å². The molecule has 1 heterocycles. The van der Waals surface area contributed by atoms with Crippen LogP contribution in [0.25, 0.3) is 0 Å². The molecule has 15 heavy (non-hydrogen) atoms. The quantitative estimate of drug-likeness (QED) is 0.897. The maximum Gasteiger partial charge on any atom is 0.219 e. The maximum atomic E-state index is 9.14. The van der Waals surface area contributed by atoms with Gasteiger partial charge in [0.05, 0.1) is 12.7 Å². The van der Waals surface area contributed by atoms with Gasteiger partial charge in [-0.2, -0.15) is 0 Å². The topological polar surface area (TPSA) is 42.4 Å². The fourth-order valence-corrected chi connectivity index (χ4v) is 1.72. The van der Waals surface area contributed by atoms with Crippen LogP contribution in [-0.2, 0) is 6.61 Å². The second kappa shape index (κ2) is 6.08. The normalized spacial score (nSPS) is 12.5. The van der Waals surface area contributed by atoms with Crippen molar-refractivity contribution in [1.29, 1.82) is 0 Å². The first-order chi connectivity index (χ1) is 7.17. The van der Waals surface area contributed by atoms with Gasteiger partial charge in [0.2, 0.25) is 5.88 Å². The van der Waals surface area contributed by atoms with E-state index in [1.807, 2.05) is 13.0 Å². The molecule has 4 heteroatoms. The van der Waals surface area contributed by atoms with Gasteiger partial charge in [0.15, 0.2) is 0 Å². The Labute approximate surface area is 98.6 Å². The van der Waals surface area contributed by atoms with Crippen molar-refractivity contribution in [3.63, 3.8) is 0 Å². The number of ether oxygens (including phenoxy) is 1. The third-order valence-electron chi connectivity index (χ3n) is 2.07. The molecular formula is C11H16BrNO2. The molecule has 0 aliphatic rings. The van der Waals surface area contributed by atoms with Crippen molar-refractivity contribution in [3.05, 3.63) is 22.3 Å². The molecule has 1 rings (SSSR count). The predicted octanol–water partition coefficient (Wildman–Crippen LogP) is 2.90.